The van der Waals surface area contributed by atoms with Crippen LogP contribution in [0.15, 0.2) is 0 Å². The van der Waals surface area contributed by atoms with Gasteiger partial charge < -0.3 is 20.1 Å². The average Bonchev–Trinajstić information content (AvgIpc) is 2.01. The first-order chi connectivity index (χ1) is 5.95. The van der Waals surface area contributed by atoms with Crippen molar-refractivity contribution in [3.05, 3.63) is 10.1 Å². The van der Waals surface area contributed by atoms with Crippen molar-refractivity contribution in [2.75, 3.05) is 0 Å². The number of aliphatic hydroxyl groups is 3. The maximum Gasteiger partial charge on any atom is 0.271 e. The minimum absolute atomic E-state index is 0.822. The van der Waals surface area contributed by atoms with Gasteiger partial charge >= 0.3 is 0 Å². The molecule has 0 aromatic carbocycles. The summed E-state index contributed by atoms with van der Waals surface area (Å²) in [6.45, 7) is 1.39. The lowest BCUT2D eigenvalue weighted by atomic mass is 9.98. The monoisotopic (exact) mass is 193 g/mol. The van der Waals surface area contributed by atoms with Gasteiger partial charge in [-0.2, -0.15) is 0 Å². The number of hydrogen-bond donors (Lipinski definition) is 3. The summed E-state index contributed by atoms with van der Waals surface area (Å²) < 4.78 is 4.64. The van der Waals surface area contributed by atoms with Crippen molar-refractivity contribution in [2.45, 2.75) is 37.6 Å². The molecule has 1 aliphatic rings. The highest BCUT2D eigenvalue weighted by Gasteiger charge is 2.49. The van der Waals surface area contributed by atoms with Crippen molar-refractivity contribution in [3.63, 3.8) is 0 Å². The van der Waals surface area contributed by atoms with Gasteiger partial charge in [0.05, 0.1) is 6.10 Å². The summed E-state index contributed by atoms with van der Waals surface area (Å²) in [6, 6.07) is -1.60. The van der Waals surface area contributed by atoms with E-state index in [2.05, 4.69) is 4.74 Å². The molecule has 0 spiro atoms. The molecule has 1 aliphatic heterocycles. The molecule has 5 atom stereocenters. The van der Waals surface area contributed by atoms with Gasteiger partial charge in [0.15, 0.2) is 12.4 Å². The number of aliphatic hydroxyl groups excluding tert-OH is 3. The van der Waals surface area contributed by atoms with Crippen LogP contribution in [0.4, 0.5) is 0 Å². The topological polar surface area (TPSA) is 113 Å². The highest BCUT2D eigenvalue weighted by atomic mass is 16.7. The zero-order valence-electron chi connectivity index (χ0n) is 6.90. The first kappa shape index (κ1) is 10.3. The molecule has 7 heteroatoms. The van der Waals surface area contributed by atoms with Gasteiger partial charge in [-0.25, -0.2) is 0 Å². The second-order valence-corrected chi connectivity index (χ2v) is 2.99. The predicted octanol–water partition coefficient (Wildman–Crippen LogP) is -1.91. The first-order valence-corrected chi connectivity index (χ1v) is 3.78. The van der Waals surface area contributed by atoms with E-state index in [9.17, 15) is 15.2 Å². The molecule has 0 aromatic heterocycles. The number of ether oxygens (including phenoxy) is 1. The number of hydrogen-bond acceptors (Lipinski definition) is 6. The summed E-state index contributed by atoms with van der Waals surface area (Å²) in [5.41, 5.74) is 0. The molecule has 7 nitrogen and oxygen atoms in total. The van der Waals surface area contributed by atoms with Crippen LogP contribution in [-0.4, -0.2) is 50.9 Å². The molecule has 76 valence electrons. The minimum Gasteiger partial charge on any atom is -0.383 e. The lowest BCUT2D eigenvalue weighted by molar-refractivity contribution is -0.563. The Hall–Kier alpha value is -0.760. The molecule has 0 radical (unpaired) electrons. The Bertz CT molecular complexity index is 195. The van der Waals surface area contributed by atoms with Crippen LogP contribution in [0.1, 0.15) is 6.92 Å². The molecule has 0 unspecified atom stereocenters. The van der Waals surface area contributed by atoms with Crippen LogP contribution in [0.2, 0.25) is 0 Å². The van der Waals surface area contributed by atoms with Crippen molar-refractivity contribution in [3.8, 4) is 0 Å². The zero-order valence-corrected chi connectivity index (χ0v) is 6.90. The van der Waals surface area contributed by atoms with E-state index >= 15 is 0 Å². The molecule has 0 amide bonds. The van der Waals surface area contributed by atoms with Crippen LogP contribution in [0.25, 0.3) is 0 Å². The number of nitrogens with zero attached hydrogens (tertiary/aromatic N) is 1. The molecule has 1 fully saturated rings. The standard InChI is InChI=1S/C6H11NO6/c1-2-4(8)3(7(11)12)5(9)6(10)13-2/h2-6,8-10H,1H3/t2-,3+,4-,5-,6+/m1/s1. The third kappa shape index (κ3) is 1.78. The second kappa shape index (κ2) is 3.54. The third-order valence-corrected chi connectivity index (χ3v) is 2.07. The molecule has 0 aliphatic carbocycles. The Labute approximate surface area is 73.7 Å². The molecule has 1 heterocycles. The van der Waals surface area contributed by atoms with Crippen molar-refractivity contribution < 1.29 is 25.0 Å². The average molecular weight is 193 g/mol. The van der Waals surface area contributed by atoms with E-state index in [0.717, 1.165) is 0 Å². The Morgan fingerprint density at radius 1 is 1.31 bits per heavy atom. The van der Waals surface area contributed by atoms with Crippen LogP contribution < -0.4 is 0 Å². The van der Waals surface area contributed by atoms with Gasteiger partial charge in [0, 0.05) is 4.92 Å². The van der Waals surface area contributed by atoms with Crippen LogP contribution in [0, 0.1) is 10.1 Å². The summed E-state index contributed by atoms with van der Waals surface area (Å²) in [7, 11) is 0. The fourth-order valence-electron chi connectivity index (χ4n) is 1.28. The van der Waals surface area contributed by atoms with E-state index in [0.29, 0.717) is 0 Å². The van der Waals surface area contributed by atoms with Gasteiger partial charge in [0.25, 0.3) is 6.04 Å². The van der Waals surface area contributed by atoms with E-state index in [4.69, 9.17) is 10.2 Å². The highest BCUT2D eigenvalue weighted by Crippen LogP contribution is 2.21. The number of nitro groups is 1. The first-order valence-electron chi connectivity index (χ1n) is 3.78. The lowest BCUT2D eigenvalue weighted by Gasteiger charge is -2.34. The van der Waals surface area contributed by atoms with Crippen LogP contribution in [0.5, 0.6) is 0 Å². The summed E-state index contributed by atoms with van der Waals surface area (Å²) in [5.74, 6) is 0. The van der Waals surface area contributed by atoms with Crippen molar-refractivity contribution >= 4 is 0 Å². The molecular weight excluding hydrogens is 182 g/mol. The minimum atomic E-state index is -1.69. The van der Waals surface area contributed by atoms with E-state index < -0.39 is 35.6 Å². The van der Waals surface area contributed by atoms with E-state index in [1.165, 1.54) is 6.92 Å². The molecule has 0 aromatic rings. The largest absolute Gasteiger partial charge is 0.383 e. The Morgan fingerprint density at radius 3 is 2.31 bits per heavy atom. The van der Waals surface area contributed by atoms with Gasteiger partial charge in [-0.1, -0.05) is 0 Å². The summed E-state index contributed by atoms with van der Waals surface area (Å²) in [5, 5.41) is 37.8. The Kier molecular flexibility index (Phi) is 2.81. The third-order valence-electron chi connectivity index (χ3n) is 2.07. The van der Waals surface area contributed by atoms with Gasteiger partial charge in [-0.05, 0) is 6.92 Å². The molecule has 13 heavy (non-hydrogen) atoms. The maximum atomic E-state index is 10.4. The lowest BCUT2D eigenvalue weighted by Crippen LogP contribution is -2.59. The SMILES string of the molecule is C[C@H]1O[C@H](O)[C@H](O)[C@@H]([N+](=O)[O-])[C@@H]1O. The fraction of sp³-hybridized carbons (Fsp3) is 1.00. The normalized spacial score (nSPS) is 46.0. The molecule has 1 saturated heterocycles. The Balaban J connectivity index is 2.82. The second-order valence-electron chi connectivity index (χ2n) is 2.99. The van der Waals surface area contributed by atoms with E-state index in [1.807, 2.05) is 0 Å². The van der Waals surface area contributed by atoms with E-state index in [-0.39, 0.29) is 0 Å². The van der Waals surface area contributed by atoms with Crippen molar-refractivity contribution in [2.24, 2.45) is 0 Å². The van der Waals surface area contributed by atoms with E-state index in [1.54, 1.807) is 0 Å². The molecule has 0 saturated carbocycles. The maximum absolute atomic E-state index is 10.4. The molecule has 1 rings (SSSR count). The molecule has 3 N–H and O–H groups in total. The van der Waals surface area contributed by atoms with Crippen LogP contribution in [-0.2, 0) is 4.74 Å². The van der Waals surface area contributed by atoms with Gasteiger partial charge in [-0.15, -0.1) is 0 Å². The summed E-state index contributed by atoms with van der Waals surface area (Å²) >= 11 is 0. The highest BCUT2D eigenvalue weighted by molar-refractivity contribution is 4.86. The smallest absolute Gasteiger partial charge is 0.271 e. The molecule has 0 bridgehead atoms. The van der Waals surface area contributed by atoms with Crippen LogP contribution >= 0.6 is 0 Å². The quantitative estimate of drug-likeness (QED) is 0.331. The predicted molar refractivity (Wildman–Crippen MR) is 39.3 cm³/mol. The van der Waals surface area contributed by atoms with Crippen molar-refractivity contribution in [1.29, 1.82) is 0 Å². The zero-order chi connectivity index (χ0) is 10.2. The van der Waals surface area contributed by atoms with Gasteiger partial charge in [-0.3, -0.25) is 10.1 Å². The number of rotatable bonds is 1. The van der Waals surface area contributed by atoms with Gasteiger partial charge in [0.1, 0.15) is 6.10 Å². The Morgan fingerprint density at radius 2 is 1.85 bits per heavy atom. The van der Waals surface area contributed by atoms with Crippen molar-refractivity contribution in [1.82, 2.24) is 0 Å². The summed E-state index contributed by atoms with van der Waals surface area (Å²) in [4.78, 5) is 9.56. The van der Waals surface area contributed by atoms with Crippen LogP contribution in [0.3, 0.4) is 0 Å². The summed E-state index contributed by atoms with van der Waals surface area (Å²) in [6.07, 6.45) is -5.59. The fourth-order valence-corrected chi connectivity index (χ4v) is 1.28. The molecular formula is C6H11NO6. The van der Waals surface area contributed by atoms with Gasteiger partial charge in [0.2, 0.25) is 0 Å².